The average molecular weight is 237 g/mol. The Balaban J connectivity index is -0.0000000910. The van der Waals surface area contributed by atoms with Gasteiger partial charge in [0, 0.05) is 0 Å². The van der Waals surface area contributed by atoms with Gasteiger partial charge >= 0.3 is 56.4 Å². The Morgan fingerprint density at radius 3 is 1.30 bits per heavy atom. The minimum absolute atomic E-state index is 0. The first kappa shape index (κ1) is 17.4. The summed E-state index contributed by atoms with van der Waals surface area (Å²) in [5, 5.41) is 0. The van der Waals surface area contributed by atoms with E-state index in [-0.39, 0.29) is 37.7 Å². The molecule has 0 unspecified atom stereocenters. The molecular formula is H5CaClO6SSi. The van der Waals surface area contributed by atoms with Crippen LogP contribution in [0.15, 0.2) is 0 Å². The van der Waals surface area contributed by atoms with Crippen LogP contribution in [0.4, 0.5) is 0 Å². The SMILES string of the molecule is O=S(=O)(O)O.O=[Si](O)Cl.[CaH2]. The molecule has 3 N–H and O–H groups in total. The molecule has 0 fully saturated rings. The first-order chi connectivity index (χ1) is 3.73. The average Bonchev–Trinajstić information content (AvgIpc) is 1.19. The second-order valence-corrected chi connectivity index (χ2v) is 3.07. The van der Waals surface area contributed by atoms with Crippen molar-refractivity contribution in [3.8, 4) is 0 Å². The van der Waals surface area contributed by atoms with Crippen LogP contribution in [0.1, 0.15) is 0 Å². The van der Waals surface area contributed by atoms with E-state index in [1.165, 1.54) is 0 Å². The predicted molar refractivity (Wildman–Crippen MR) is 37.2 cm³/mol. The van der Waals surface area contributed by atoms with Crippen LogP contribution < -0.4 is 0 Å². The minimum atomic E-state index is -4.67. The van der Waals surface area contributed by atoms with Gasteiger partial charge in [-0.05, 0) is 11.1 Å². The van der Waals surface area contributed by atoms with E-state index in [9.17, 15) is 0 Å². The molecule has 0 amide bonds. The third-order valence-corrected chi connectivity index (χ3v) is 0. The molecule has 0 saturated heterocycles. The van der Waals surface area contributed by atoms with Crippen molar-refractivity contribution in [3.05, 3.63) is 0 Å². The van der Waals surface area contributed by atoms with Crippen LogP contribution >= 0.6 is 11.1 Å². The summed E-state index contributed by atoms with van der Waals surface area (Å²) in [5.41, 5.74) is 0. The van der Waals surface area contributed by atoms with Crippen molar-refractivity contribution in [2.24, 2.45) is 0 Å². The van der Waals surface area contributed by atoms with Crippen LogP contribution in [-0.4, -0.2) is 68.3 Å². The van der Waals surface area contributed by atoms with Gasteiger partial charge in [-0.3, -0.25) is 9.11 Å². The van der Waals surface area contributed by atoms with Crippen LogP contribution in [0.2, 0.25) is 0 Å². The molecule has 0 rings (SSSR count). The Labute approximate surface area is 93.3 Å². The zero-order valence-electron chi connectivity index (χ0n) is 3.85. The van der Waals surface area contributed by atoms with E-state index >= 15 is 0 Å². The number of hydrogen-bond acceptors (Lipinski definition) is 3. The summed E-state index contributed by atoms with van der Waals surface area (Å²) in [5.74, 6) is 0. The van der Waals surface area contributed by atoms with Gasteiger partial charge in [0.15, 0.2) is 0 Å². The molecule has 10 heteroatoms. The van der Waals surface area contributed by atoms with Gasteiger partial charge in [0.25, 0.3) is 0 Å². The van der Waals surface area contributed by atoms with Crippen molar-refractivity contribution in [2.75, 3.05) is 0 Å². The molecule has 0 saturated carbocycles. The van der Waals surface area contributed by atoms with Gasteiger partial charge in [0.05, 0.1) is 0 Å². The van der Waals surface area contributed by atoms with Crippen molar-refractivity contribution in [2.45, 2.75) is 0 Å². The van der Waals surface area contributed by atoms with Gasteiger partial charge in [0.1, 0.15) is 0 Å². The second kappa shape index (κ2) is 8.33. The molecule has 0 bridgehead atoms. The predicted octanol–water partition coefficient (Wildman–Crippen LogP) is -1.94. The Morgan fingerprint density at radius 1 is 1.30 bits per heavy atom. The third-order valence-electron chi connectivity index (χ3n) is 0. The molecule has 0 aromatic heterocycles. The zero-order chi connectivity index (χ0) is 8.08. The molecular weight excluding hydrogens is 232 g/mol. The molecule has 60 valence electrons. The van der Waals surface area contributed by atoms with Crippen molar-refractivity contribution < 1.29 is 26.8 Å². The molecule has 0 spiro atoms. The van der Waals surface area contributed by atoms with E-state index < -0.39 is 18.6 Å². The molecule has 0 aliphatic rings. The van der Waals surface area contributed by atoms with Crippen molar-refractivity contribution >= 4 is 67.5 Å². The van der Waals surface area contributed by atoms with E-state index in [1.54, 1.807) is 0 Å². The Hall–Kier alpha value is 1.24. The summed E-state index contributed by atoms with van der Waals surface area (Å²) in [6.45, 7) is 0. The van der Waals surface area contributed by atoms with Crippen LogP contribution in [0.25, 0.3) is 0 Å². The fourth-order valence-electron chi connectivity index (χ4n) is 0. The maximum absolute atomic E-state index is 8.95. The molecule has 0 aliphatic heterocycles. The zero-order valence-corrected chi connectivity index (χ0v) is 6.43. The maximum atomic E-state index is 8.95. The van der Waals surface area contributed by atoms with Crippen LogP contribution in [-0.2, 0) is 14.9 Å². The van der Waals surface area contributed by atoms with Gasteiger partial charge in [0.2, 0.25) is 0 Å². The monoisotopic (exact) mass is 236 g/mol. The van der Waals surface area contributed by atoms with E-state index in [4.69, 9.17) is 26.8 Å². The molecule has 0 radical (unpaired) electrons. The van der Waals surface area contributed by atoms with Gasteiger partial charge in [-0.1, -0.05) is 0 Å². The second-order valence-electron chi connectivity index (χ2n) is 0.701. The third kappa shape index (κ3) is 410. The Morgan fingerprint density at radius 2 is 1.30 bits per heavy atom. The first-order valence-electron chi connectivity index (χ1n) is 1.32. The van der Waals surface area contributed by atoms with Gasteiger partial charge in [-0.15, -0.1) is 0 Å². The summed E-state index contributed by atoms with van der Waals surface area (Å²) < 4.78 is 40.5. The molecule has 0 aromatic carbocycles. The first-order valence-corrected chi connectivity index (χ1v) is 5.08. The topological polar surface area (TPSA) is 112 Å². The van der Waals surface area contributed by atoms with Crippen LogP contribution in [0.5, 0.6) is 0 Å². The number of hydrogen-bond donors (Lipinski definition) is 3. The Kier molecular flexibility index (Phi) is 14.5. The number of halogens is 1. The van der Waals surface area contributed by atoms with Crippen LogP contribution in [0.3, 0.4) is 0 Å². The summed E-state index contributed by atoms with van der Waals surface area (Å²) in [6, 6.07) is 0. The molecule has 0 atom stereocenters. The summed E-state index contributed by atoms with van der Waals surface area (Å²) in [4.78, 5) is 7.37. The molecule has 6 nitrogen and oxygen atoms in total. The van der Waals surface area contributed by atoms with Crippen LogP contribution in [0, 0.1) is 0 Å². The molecule has 0 heterocycles. The van der Waals surface area contributed by atoms with Crippen molar-refractivity contribution in [1.29, 1.82) is 0 Å². The normalized spacial score (nSPS) is 8.30. The van der Waals surface area contributed by atoms with E-state index in [0.717, 1.165) is 0 Å². The van der Waals surface area contributed by atoms with Gasteiger partial charge in [-0.25, -0.2) is 0 Å². The van der Waals surface area contributed by atoms with Crippen molar-refractivity contribution in [1.82, 2.24) is 0 Å². The number of rotatable bonds is 0. The summed E-state index contributed by atoms with van der Waals surface area (Å²) in [7, 11) is -7.32. The quantitative estimate of drug-likeness (QED) is 0.256. The van der Waals surface area contributed by atoms with Gasteiger partial charge in [-0.2, -0.15) is 8.42 Å². The fraction of sp³-hybridized carbons (Fsp3) is 0. The Bertz CT molecular complexity index is 160. The van der Waals surface area contributed by atoms with E-state index in [1.807, 2.05) is 0 Å². The van der Waals surface area contributed by atoms with Gasteiger partial charge < -0.3 is 9.26 Å². The molecule has 0 aromatic rings. The molecule has 10 heavy (non-hydrogen) atoms. The summed E-state index contributed by atoms with van der Waals surface area (Å²) >= 11 is 4.38. The van der Waals surface area contributed by atoms with E-state index in [0.29, 0.717) is 0 Å². The van der Waals surface area contributed by atoms with E-state index in [2.05, 4.69) is 11.1 Å². The summed E-state index contributed by atoms with van der Waals surface area (Å²) in [6.07, 6.45) is 0. The molecule has 0 aliphatic carbocycles. The fourth-order valence-corrected chi connectivity index (χ4v) is 0. The standard InChI is InChI=1S/Ca.ClHO2Si.H2O4S.2H/c;1-4(2)3;1-5(2,3)4;;/h;2H;(H2,1,2,3,4);;. The van der Waals surface area contributed by atoms with Crippen molar-refractivity contribution in [3.63, 3.8) is 0 Å².